The first kappa shape index (κ1) is 14.5. The number of hydrogen-bond acceptors (Lipinski definition) is 4. The smallest absolute Gasteiger partial charge is 0.140 e. The summed E-state index contributed by atoms with van der Waals surface area (Å²) in [6.45, 7) is 6.49. The van der Waals surface area contributed by atoms with Crippen LogP contribution in [0.5, 0.6) is 0 Å². The van der Waals surface area contributed by atoms with Crippen LogP contribution in [0.3, 0.4) is 0 Å². The molecule has 0 aliphatic rings. The van der Waals surface area contributed by atoms with E-state index in [4.69, 9.17) is 5.26 Å². The van der Waals surface area contributed by atoms with Gasteiger partial charge in [0.1, 0.15) is 11.8 Å². The number of nitrogens with one attached hydrogen (secondary N) is 1. The lowest BCUT2D eigenvalue weighted by Crippen LogP contribution is -2.27. The van der Waals surface area contributed by atoms with E-state index in [9.17, 15) is 0 Å². The molecule has 1 heterocycles. The maximum absolute atomic E-state index is 8.63. The second-order valence-electron chi connectivity index (χ2n) is 4.75. The number of hydrogen-bond donors (Lipinski definition) is 1. The van der Waals surface area contributed by atoms with Crippen molar-refractivity contribution < 1.29 is 0 Å². The van der Waals surface area contributed by atoms with Crippen LogP contribution in [0.2, 0.25) is 0 Å². The highest BCUT2D eigenvalue weighted by Gasteiger charge is 2.01. The molecular formula is C14H22N4. The zero-order valence-electron chi connectivity index (χ0n) is 11.5. The Morgan fingerprint density at radius 3 is 2.72 bits per heavy atom. The minimum atomic E-state index is 0.458. The van der Waals surface area contributed by atoms with Gasteiger partial charge in [0.15, 0.2) is 0 Å². The maximum atomic E-state index is 8.63. The molecule has 1 N–H and O–H groups in total. The SMILES string of the molecule is CC(C)N(C)CCCCNc1ccc(C#N)nc1. The molecule has 0 aromatic carbocycles. The van der Waals surface area contributed by atoms with E-state index < -0.39 is 0 Å². The molecule has 0 amide bonds. The van der Waals surface area contributed by atoms with E-state index >= 15 is 0 Å². The van der Waals surface area contributed by atoms with Crippen molar-refractivity contribution in [1.29, 1.82) is 5.26 Å². The molecule has 0 fully saturated rings. The fourth-order valence-electron chi connectivity index (χ4n) is 1.54. The van der Waals surface area contributed by atoms with E-state index in [2.05, 4.69) is 36.1 Å². The Balaban J connectivity index is 2.16. The summed E-state index contributed by atoms with van der Waals surface area (Å²) in [5, 5.41) is 11.9. The average molecular weight is 246 g/mol. The fraction of sp³-hybridized carbons (Fsp3) is 0.571. The lowest BCUT2D eigenvalue weighted by atomic mass is 10.2. The Kier molecular flexibility index (Phi) is 6.16. The molecule has 0 atom stereocenters. The Labute approximate surface area is 110 Å². The number of aromatic nitrogens is 1. The highest BCUT2D eigenvalue weighted by molar-refractivity contribution is 5.42. The molecule has 0 saturated heterocycles. The summed E-state index contributed by atoms with van der Waals surface area (Å²) in [4.78, 5) is 6.37. The van der Waals surface area contributed by atoms with E-state index in [1.165, 1.54) is 6.42 Å². The van der Waals surface area contributed by atoms with Crippen molar-refractivity contribution in [2.45, 2.75) is 32.7 Å². The van der Waals surface area contributed by atoms with Gasteiger partial charge in [-0.25, -0.2) is 4.98 Å². The molecule has 0 spiro atoms. The summed E-state index contributed by atoms with van der Waals surface area (Å²) in [7, 11) is 2.16. The van der Waals surface area contributed by atoms with Gasteiger partial charge in [0.05, 0.1) is 11.9 Å². The highest BCUT2D eigenvalue weighted by atomic mass is 15.1. The third-order valence-electron chi connectivity index (χ3n) is 3.03. The first-order valence-corrected chi connectivity index (χ1v) is 6.43. The molecule has 0 saturated carbocycles. The molecule has 0 aliphatic carbocycles. The van der Waals surface area contributed by atoms with Crippen molar-refractivity contribution in [2.75, 3.05) is 25.5 Å². The summed E-state index contributed by atoms with van der Waals surface area (Å²) in [5.41, 5.74) is 1.44. The first-order valence-electron chi connectivity index (χ1n) is 6.43. The van der Waals surface area contributed by atoms with Crippen LogP contribution in [0.15, 0.2) is 18.3 Å². The first-order chi connectivity index (χ1) is 8.63. The van der Waals surface area contributed by atoms with Crippen LogP contribution in [0.1, 0.15) is 32.4 Å². The Bertz CT molecular complexity index is 378. The lowest BCUT2D eigenvalue weighted by molar-refractivity contribution is 0.269. The van der Waals surface area contributed by atoms with Gasteiger partial charge in [-0.05, 0) is 52.4 Å². The number of nitrogens with zero attached hydrogens (tertiary/aromatic N) is 3. The predicted molar refractivity (Wildman–Crippen MR) is 74.4 cm³/mol. The molecular weight excluding hydrogens is 224 g/mol. The molecule has 18 heavy (non-hydrogen) atoms. The summed E-state index contributed by atoms with van der Waals surface area (Å²) >= 11 is 0. The quantitative estimate of drug-likeness (QED) is 0.751. The molecule has 98 valence electrons. The van der Waals surface area contributed by atoms with Gasteiger partial charge in [-0.1, -0.05) is 0 Å². The number of nitriles is 1. The lowest BCUT2D eigenvalue weighted by Gasteiger charge is -2.20. The minimum Gasteiger partial charge on any atom is -0.384 e. The predicted octanol–water partition coefficient (Wildman–Crippen LogP) is 2.49. The molecule has 0 aliphatic heterocycles. The Hall–Kier alpha value is -1.60. The Morgan fingerprint density at radius 2 is 2.17 bits per heavy atom. The fourth-order valence-corrected chi connectivity index (χ4v) is 1.54. The number of anilines is 1. The second-order valence-corrected chi connectivity index (χ2v) is 4.75. The van der Waals surface area contributed by atoms with Gasteiger partial charge in [0, 0.05) is 12.6 Å². The van der Waals surface area contributed by atoms with E-state index in [1.54, 1.807) is 12.3 Å². The van der Waals surface area contributed by atoms with Crippen molar-refractivity contribution in [1.82, 2.24) is 9.88 Å². The van der Waals surface area contributed by atoms with Crippen LogP contribution < -0.4 is 5.32 Å². The number of unbranched alkanes of at least 4 members (excludes halogenated alkanes) is 1. The summed E-state index contributed by atoms with van der Waals surface area (Å²) in [6.07, 6.45) is 4.03. The van der Waals surface area contributed by atoms with Crippen LogP contribution in [-0.2, 0) is 0 Å². The second kappa shape index (κ2) is 7.67. The Morgan fingerprint density at radius 1 is 1.39 bits per heavy atom. The monoisotopic (exact) mass is 246 g/mol. The summed E-state index contributed by atoms with van der Waals surface area (Å²) in [6, 6.07) is 6.25. The van der Waals surface area contributed by atoms with Gasteiger partial charge < -0.3 is 10.2 Å². The molecule has 1 rings (SSSR count). The van der Waals surface area contributed by atoms with E-state index in [1.807, 2.05) is 12.1 Å². The topological polar surface area (TPSA) is 52.0 Å². The highest BCUT2D eigenvalue weighted by Crippen LogP contribution is 2.06. The van der Waals surface area contributed by atoms with Crippen molar-refractivity contribution in [3.05, 3.63) is 24.0 Å². The van der Waals surface area contributed by atoms with Crippen molar-refractivity contribution in [3.8, 4) is 6.07 Å². The number of pyridine rings is 1. The number of rotatable bonds is 7. The summed E-state index contributed by atoms with van der Waals surface area (Å²) < 4.78 is 0. The van der Waals surface area contributed by atoms with Gasteiger partial charge in [-0.15, -0.1) is 0 Å². The molecule has 1 aromatic heterocycles. The molecule has 0 unspecified atom stereocenters. The summed E-state index contributed by atoms with van der Waals surface area (Å²) in [5.74, 6) is 0. The van der Waals surface area contributed by atoms with Crippen LogP contribution in [0.4, 0.5) is 5.69 Å². The van der Waals surface area contributed by atoms with Gasteiger partial charge in [-0.3, -0.25) is 0 Å². The molecule has 0 bridgehead atoms. The van der Waals surface area contributed by atoms with Gasteiger partial charge in [-0.2, -0.15) is 5.26 Å². The third kappa shape index (κ3) is 5.15. The molecule has 0 radical (unpaired) electrons. The van der Waals surface area contributed by atoms with E-state index in [-0.39, 0.29) is 0 Å². The zero-order chi connectivity index (χ0) is 13.4. The van der Waals surface area contributed by atoms with Crippen LogP contribution in [0, 0.1) is 11.3 Å². The van der Waals surface area contributed by atoms with Gasteiger partial charge >= 0.3 is 0 Å². The minimum absolute atomic E-state index is 0.458. The van der Waals surface area contributed by atoms with Crippen LogP contribution in [0.25, 0.3) is 0 Å². The average Bonchev–Trinajstić information content (AvgIpc) is 2.38. The molecule has 4 nitrogen and oxygen atoms in total. The van der Waals surface area contributed by atoms with Crippen LogP contribution >= 0.6 is 0 Å². The molecule has 1 aromatic rings. The zero-order valence-corrected chi connectivity index (χ0v) is 11.5. The largest absolute Gasteiger partial charge is 0.384 e. The van der Waals surface area contributed by atoms with Gasteiger partial charge in [0.25, 0.3) is 0 Å². The maximum Gasteiger partial charge on any atom is 0.140 e. The van der Waals surface area contributed by atoms with Crippen molar-refractivity contribution >= 4 is 5.69 Å². The van der Waals surface area contributed by atoms with Crippen molar-refractivity contribution in [3.63, 3.8) is 0 Å². The van der Waals surface area contributed by atoms with Crippen molar-refractivity contribution in [2.24, 2.45) is 0 Å². The molecule has 4 heteroatoms. The normalized spacial score (nSPS) is 10.7. The third-order valence-corrected chi connectivity index (χ3v) is 3.03. The van der Waals surface area contributed by atoms with Crippen LogP contribution in [-0.4, -0.2) is 36.1 Å². The standard InChI is InChI=1S/C14H22N4/c1-12(2)18(3)9-5-4-8-16-14-7-6-13(10-15)17-11-14/h6-7,11-12,16H,4-5,8-9H2,1-3H3. The van der Waals surface area contributed by atoms with E-state index in [0.29, 0.717) is 11.7 Å². The van der Waals surface area contributed by atoms with Gasteiger partial charge in [0.2, 0.25) is 0 Å². The van der Waals surface area contributed by atoms with E-state index in [0.717, 1.165) is 25.2 Å².